The summed E-state index contributed by atoms with van der Waals surface area (Å²) in [4.78, 5) is 17.6. The molecule has 1 atom stereocenters. The molecule has 1 aromatic heterocycles. The molecule has 1 amide bonds. The minimum absolute atomic E-state index is 0.103. The highest BCUT2D eigenvalue weighted by atomic mass is 16.2. The highest BCUT2D eigenvalue weighted by Crippen LogP contribution is 2.24. The number of rotatable bonds is 3. The molecule has 0 spiro atoms. The number of para-hydroxylation sites is 1. The predicted octanol–water partition coefficient (Wildman–Crippen LogP) is 3.30. The van der Waals surface area contributed by atoms with Gasteiger partial charge >= 0.3 is 0 Å². The average molecular weight is 334 g/mol. The molecule has 5 nitrogen and oxygen atoms in total. The van der Waals surface area contributed by atoms with Gasteiger partial charge in [-0.15, -0.1) is 0 Å². The summed E-state index contributed by atoms with van der Waals surface area (Å²) in [7, 11) is 0. The van der Waals surface area contributed by atoms with E-state index in [0.717, 1.165) is 42.5 Å². The molecule has 0 saturated carbocycles. The van der Waals surface area contributed by atoms with Crippen molar-refractivity contribution in [3.63, 3.8) is 0 Å². The lowest BCUT2D eigenvalue weighted by molar-refractivity contribution is 0.0654. The number of hydrogen-bond donors (Lipinski definition) is 1. The van der Waals surface area contributed by atoms with Crippen LogP contribution in [0.3, 0.4) is 0 Å². The first-order chi connectivity index (χ1) is 12.3. The van der Waals surface area contributed by atoms with E-state index in [2.05, 4.69) is 46.3 Å². The lowest BCUT2D eigenvalue weighted by Crippen LogP contribution is -2.55. The standard InChI is InChI=1S/C20H22N4O/c1-2-15-14-23(16-7-4-3-5-8-16)11-12-24(15)20(25)17-9-6-10-19-18(17)13-21-22-19/h3-10,13,15H,2,11-12,14H2,1H3,(H,21,22). The quantitative estimate of drug-likeness (QED) is 0.799. The number of nitrogens with one attached hydrogen (secondary N) is 1. The zero-order valence-corrected chi connectivity index (χ0v) is 14.4. The monoisotopic (exact) mass is 334 g/mol. The molecule has 1 N–H and O–H groups in total. The number of anilines is 1. The van der Waals surface area contributed by atoms with E-state index in [1.54, 1.807) is 6.20 Å². The van der Waals surface area contributed by atoms with Crippen molar-refractivity contribution in [1.29, 1.82) is 0 Å². The number of carbonyl (C=O) groups is 1. The van der Waals surface area contributed by atoms with Crippen molar-refractivity contribution in [2.75, 3.05) is 24.5 Å². The molecule has 128 valence electrons. The number of nitrogens with zero attached hydrogens (tertiary/aromatic N) is 3. The molecule has 0 radical (unpaired) electrons. The van der Waals surface area contributed by atoms with Crippen LogP contribution in [0.2, 0.25) is 0 Å². The van der Waals surface area contributed by atoms with Gasteiger partial charge in [-0.25, -0.2) is 0 Å². The fraction of sp³-hybridized carbons (Fsp3) is 0.300. The summed E-state index contributed by atoms with van der Waals surface area (Å²) in [6.07, 6.45) is 2.68. The van der Waals surface area contributed by atoms with Crippen molar-refractivity contribution in [2.45, 2.75) is 19.4 Å². The molecule has 1 fully saturated rings. The van der Waals surface area contributed by atoms with Crippen molar-refractivity contribution < 1.29 is 4.79 Å². The molecule has 1 saturated heterocycles. The fourth-order valence-electron chi connectivity index (χ4n) is 3.65. The Labute approximate surface area is 147 Å². The van der Waals surface area contributed by atoms with Gasteiger partial charge in [-0.3, -0.25) is 9.89 Å². The van der Waals surface area contributed by atoms with Crippen molar-refractivity contribution in [3.05, 3.63) is 60.3 Å². The summed E-state index contributed by atoms with van der Waals surface area (Å²) in [6.45, 7) is 4.61. The predicted molar refractivity (Wildman–Crippen MR) is 99.9 cm³/mol. The summed E-state index contributed by atoms with van der Waals surface area (Å²) in [5.74, 6) is 0.103. The first-order valence-electron chi connectivity index (χ1n) is 8.81. The van der Waals surface area contributed by atoms with Gasteiger partial charge in [0.05, 0.1) is 17.3 Å². The molecule has 0 bridgehead atoms. The van der Waals surface area contributed by atoms with Crippen LogP contribution in [0, 0.1) is 0 Å². The Morgan fingerprint density at radius 1 is 1.16 bits per heavy atom. The lowest BCUT2D eigenvalue weighted by Gasteiger charge is -2.42. The normalized spacial score (nSPS) is 17.9. The highest BCUT2D eigenvalue weighted by molar-refractivity contribution is 6.06. The molecular weight excluding hydrogens is 312 g/mol. The molecule has 4 rings (SSSR count). The Hall–Kier alpha value is -2.82. The smallest absolute Gasteiger partial charge is 0.254 e. The van der Waals surface area contributed by atoms with Crippen LogP contribution in [-0.4, -0.2) is 46.7 Å². The van der Waals surface area contributed by atoms with Crippen molar-refractivity contribution in [3.8, 4) is 0 Å². The summed E-state index contributed by atoms with van der Waals surface area (Å²) < 4.78 is 0. The number of aromatic amines is 1. The number of amides is 1. The third-order valence-corrected chi connectivity index (χ3v) is 5.05. The van der Waals surface area contributed by atoms with Crippen molar-refractivity contribution in [2.24, 2.45) is 0 Å². The molecule has 25 heavy (non-hydrogen) atoms. The van der Waals surface area contributed by atoms with Gasteiger partial charge in [0.15, 0.2) is 0 Å². The van der Waals surface area contributed by atoms with E-state index in [1.165, 1.54) is 5.69 Å². The third kappa shape index (κ3) is 2.86. The van der Waals surface area contributed by atoms with Crippen LogP contribution < -0.4 is 4.90 Å². The van der Waals surface area contributed by atoms with Crippen LogP contribution >= 0.6 is 0 Å². The number of H-pyrrole nitrogens is 1. The van der Waals surface area contributed by atoms with Crippen LogP contribution in [0.15, 0.2) is 54.7 Å². The van der Waals surface area contributed by atoms with Crippen molar-refractivity contribution >= 4 is 22.5 Å². The minimum Gasteiger partial charge on any atom is -0.368 e. The molecular formula is C20H22N4O. The molecule has 3 aromatic rings. The van der Waals surface area contributed by atoms with Crippen molar-refractivity contribution in [1.82, 2.24) is 15.1 Å². The topological polar surface area (TPSA) is 52.2 Å². The second-order valence-corrected chi connectivity index (χ2v) is 6.48. The largest absolute Gasteiger partial charge is 0.368 e. The van der Waals surface area contributed by atoms with E-state index in [9.17, 15) is 4.79 Å². The van der Waals surface area contributed by atoms with Crippen LogP contribution in [0.25, 0.3) is 10.9 Å². The van der Waals surface area contributed by atoms with Crippen LogP contribution in [0.1, 0.15) is 23.7 Å². The second kappa shape index (κ2) is 6.59. The van der Waals surface area contributed by atoms with Crippen LogP contribution in [-0.2, 0) is 0 Å². The minimum atomic E-state index is 0.103. The summed E-state index contributed by atoms with van der Waals surface area (Å²) >= 11 is 0. The summed E-state index contributed by atoms with van der Waals surface area (Å²) in [5.41, 5.74) is 2.87. The molecule has 2 aromatic carbocycles. The Morgan fingerprint density at radius 3 is 2.80 bits per heavy atom. The maximum Gasteiger partial charge on any atom is 0.254 e. The van der Waals surface area contributed by atoms with Gasteiger partial charge in [0.2, 0.25) is 0 Å². The molecule has 1 aliphatic heterocycles. The first kappa shape index (κ1) is 15.7. The third-order valence-electron chi connectivity index (χ3n) is 5.05. The molecule has 2 heterocycles. The van der Waals surface area contributed by atoms with Crippen LogP contribution in [0.5, 0.6) is 0 Å². The van der Waals surface area contributed by atoms with E-state index >= 15 is 0 Å². The molecule has 1 unspecified atom stereocenters. The van der Waals surface area contributed by atoms with Gasteiger partial charge < -0.3 is 9.80 Å². The second-order valence-electron chi connectivity index (χ2n) is 6.48. The Bertz CT molecular complexity index is 874. The Morgan fingerprint density at radius 2 is 2.00 bits per heavy atom. The van der Waals surface area contributed by atoms with Gasteiger partial charge in [-0.05, 0) is 30.7 Å². The maximum absolute atomic E-state index is 13.2. The SMILES string of the molecule is CCC1CN(c2ccccc2)CCN1C(=O)c1cccc2[nH]ncc12. The first-order valence-corrected chi connectivity index (χ1v) is 8.81. The van der Waals surface area contributed by atoms with Gasteiger partial charge in [0.25, 0.3) is 5.91 Å². The van der Waals surface area contributed by atoms with Gasteiger partial charge in [-0.1, -0.05) is 31.2 Å². The van der Waals surface area contributed by atoms with Gasteiger partial charge in [0.1, 0.15) is 0 Å². The number of aromatic nitrogens is 2. The molecule has 1 aliphatic rings. The van der Waals surface area contributed by atoms with E-state index in [-0.39, 0.29) is 11.9 Å². The van der Waals surface area contributed by atoms with E-state index in [4.69, 9.17) is 0 Å². The zero-order chi connectivity index (χ0) is 17.2. The fourth-order valence-corrected chi connectivity index (χ4v) is 3.65. The lowest BCUT2D eigenvalue weighted by atomic mass is 10.0. The average Bonchev–Trinajstić information content (AvgIpc) is 3.16. The number of fused-ring (bicyclic) bond motifs is 1. The zero-order valence-electron chi connectivity index (χ0n) is 14.4. The van der Waals surface area contributed by atoms with Gasteiger partial charge in [-0.2, -0.15) is 5.10 Å². The number of benzene rings is 2. The Kier molecular flexibility index (Phi) is 4.14. The van der Waals surface area contributed by atoms with E-state index in [1.807, 2.05) is 29.2 Å². The number of carbonyl (C=O) groups excluding carboxylic acids is 1. The van der Waals surface area contributed by atoms with E-state index < -0.39 is 0 Å². The molecule has 0 aliphatic carbocycles. The van der Waals surface area contributed by atoms with Gasteiger partial charge in [0, 0.05) is 36.7 Å². The van der Waals surface area contributed by atoms with E-state index in [0.29, 0.717) is 0 Å². The Balaban J connectivity index is 1.58. The molecule has 5 heteroatoms. The maximum atomic E-state index is 13.2. The highest BCUT2D eigenvalue weighted by Gasteiger charge is 2.30. The summed E-state index contributed by atoms with van der Waals surface area (Å²) in [5, 5.41) is 7.92. The summed E-state index contributed by atoms with van der Waals surface area (Å²) in [6, 6.07) is 16.4. The number of piperazine rings is 1. The number of hydrogen-bond acceptors (Lipinski definition) is 3. The van der Waals surface area contributed by atoms with Crippen LogP contribution in [0.4, 0.5) is 5.69 Å².